The van der Waals surface area contributed by atoms with Crippen LogP contribution in [0.5, 0.6) is 0 Å². The number of rotatable bonds is 8. The molecule has 0 saturated carbocycles. The first-order valence-electron chi connectivity index (χ1n) is 6.46. The van der Waals surface area contributed by atoms with Gasteiger partial charge in [0.25, 0.3) is 0 Å². The third kappa shape index (κ3) is 5.20. The molecule has 1 atom stereocenters. The van der Waals surface area contributed by atoms with E-state index >= 15 is 0 Å². The molecule has 2 N–H and O–H groups in total. The van der Waals surface area contributed by atoms with Crippen molar-refractivity contribution >= 4 is 5.69 Å². The molecular formula is C14H24N2O. The first-order chi connectivity index (χ1) is 8.27. The van der Waals surface area contributed by atoms with Gasteiger partial charge in [-0.15, -0.1) is 0 Å². The average Bonchev–Trinajstić information content (AvgIpc) is 2.37. The number of aliphatic hydroxyl groups excluding tert-OH is 1. The fraction of sp³-hybridized carbons (Fsp3) is 0.571. The highest BCUT2D eigenvalue weighted by Gasteiger charge is 2.10. The molecule has 96 valence electrons. The van der Waals surface area contributed by atoms with Gasteiger partial charge < -0.3 is 15.3 Å². The van der Waals surface area contributed by atoms with Gasteiger partial charge >= 0.3 is 0 Å². The molecule has 0 fully saturated rings. The summed E-state index contributed by atoms with van der Waals surface area (Å²) in [5.74, 6) is 0. The molecule has 0 aliphatic rings. The van der Waals surface area contributed by atoms with Crippen molar-refractivity contribution in [1.29, 1.82) is 0 Å². The molecule has 0 bridgehead atoms. The standard InChI is InChI=1S/C14H24N2O/c1-3-10-15-11-14(17)12-16(4-2)13-8-6-5-7-9-13/h5-9,14-15,17H,3-4,10-12H2,1-2H3. The van der Waals surface area contributed by atoms with Gasteiger partial charge in [0.2, 0.25) is 0 Å². The Hall–Kier alpha value is -1.06. The Kier molecular flexibility index (Phi) is 6.67. The maximum atomic E-state index is 9.93. The first-order valence-corrected chi connectivity index (χ1v) is 6.46. The molecular weight excluding hydrogens is 212 g/mol. The van der Waals surface area contributed by atoms with E-state index in [9.17, 15) is 5.11 Å². The highest BCUT2D eigenvalue weighted by molar-refractivity contribution is 5.45. The zero-order valence-corrected chi connectivity index (χ0v) is 10.9. The summed E-state index contributed by atoms with van der Waals surface area (Å²) in [4.78, 5) is 2.19. The second-order valence-corrected chi connectivity index (χ2v) is 4.23. The van der Waals surface area contributed by atoms with Crippen molar-refractivity contribution in [2.75, 3.05) is 31.1 Å². The zero-order chi connectivity index (χ0) is 12.5. The number of aliphatic hydroxyl groups is 1. The van der Waals surface area contributed by atoms with Crippen LogP contribution in [-0.4, -0.2) is 37.4 Å². The Balaban J connectivity index is 2.41. The normalized spacial score (nSPS) is 12.4. The molecule has 0 saturated heterocycles. The molecule has 0 amide bonds. The van der Waals surface area contributed by atoms with Crippen LogP contribution in [0.1, 0.15) is 20.3 Å². The van der Waals surface area contributed by atoms with E-state index in [0.29, 0.717) is 13.1 Å². The smallest absolute Gasteiger partial charge is 0.0839 e. The minimum atomic E-state index is -0.318. The van der Waals surface area contributed by atoms with Crippen LogP contribution < -0.4 is 10.2 Å². The SMILES string of the molecule is CCCNCC(O)CN(CC)c1ccccc1. The van der Waals surface area contributed by atoms with Gasteiger partial charge in [-0.3, -0.25) is 0 Å². The highest BCUT2D eigenvalue weighted by Crippen LogP contribution is 2.12. The summed E-state index contributed by atoms with van der Waals surface area (Å²) in [6.07, 6.45) is 0.782. The van der Waals surface area contributed by atoms with E-state index in [1.165, 1.54) is 5.69 Å². The van der Waals surface area contributed by atoms with Crippen LogP contribution in [0.2, 0.25) is 0 Å². The fourth-order valence-electron chi connectivity index (χ4n) is 1.82. The highest BCUT2D eigenvalue weighted by atomic mass is 16.3. The van der Waals surface area contributed by atoms with Crippen molar-refractivity contribution < 1.29 is 5.11 Å². The topological polar surface area (TPSA) is 35.5 Å². The summed E-state index contributed by atoms with van der Waals surface area (Å²) < 4.78 is 0. The molecule has 0 heterocycles. The molecule has 1 unspecified atom stereocenters. The van der Waals surface area contributed by atoms with Crippen LogP contribution in [0.25, 0.3) is 0 Å². The van der Waals surface area contributed by atoms with Crippen molar-refractivity contribution in [3.05, 3.63) is 30.3 Å². The monoisotopic (exact) mass is 236 g/mol. The largest absolute Gasteiger partial charge is 0.390 e. The van der Waals surface area contributed by atoms with Crippen LogP contribution in [0.4, 0.5) is 5.69 Å². The molecule has 1 aromatic carbocycles. The molecule has 0 aliphatic heterocycles. The predicted octanol–water partition coefficient (Wildman–Crippen LogP) is 1.87. The number of hydrogen-bond acceptors (Lipinski definition) is 3. The fourth-order valence-corrected chi connectivity index (χ4v) is 1.82. The van der Waals surface area contributed by atoms with E-state index in [1.54, 1.807) is 0 Å². The van der Waals surface area contributed by atoms with Gasteiger partial charge in [0.15, 0.2) is 0 Å². The Bertz CT molecular complexity index is 290. The van der Waals surface area contributed by atoms with Gasteiger partial charge in [-0.2, -0.15) is 0 Å². The van der Waals surface area contributed by atoms with E-state index in [-0.39, 0.29) is 6.10 Å². The number of benzene rings is 1. The summed E-state index contributed by atoms with van der Waals surface area (Å²) in [5.41, 5.74) is 1.17. The van der Waals surface area contributed by atoms with E-state index in [4.69, 9.17) is 0 Å². The van der Waals surface area contributed by atoms with Gasteiger partial charge in [0.1, 0.15) is 0 Å². The number of para-hydroxylation sites is 1. The summed E-state index contributed by atoms with van der Waals surface area (Å²) >= 11 is 0. The van der Waals surface area contributed by atoms with Gasteiger partial charge in [-0.25, -0.2) is 0 Å². The molecule has 1 aromatic rings. The zero-order valence-electron chi connectivity index (χ0n) is 10.9. The Morgan fingerprint density at radius 3 is 2.53 bits per heavy atom. The predicted molar refractivity (Wildman–Crippen MR) is 73.5 cm³/mol. The molecule has 0 aromatic heterocycles. The van der Waals surface area contributed by atoms with E-state index < -0.39 is 0 Å². The number of nitrogens with zero attached hydrogens (tertiary/aromatic N) is 1. The quantitative estimate of drug-likeness (QED) is 0.676. The number of likely N-dealkylation sites (N-methyl/N-ethyl adjacent to an activating group) is 1. The minimum Gasteiger partial charge on any atom is -0.390 e. The van der Waals surface area contributed by atoms with Crippen LogP contribution in [0, 0.1) is 0 Å². The lowest BCUT2D eigenvalue weighted by Crippen LogP contribution is -2.38. The second kappa shape index (κ2) is 8.09. The van der Waals surface area contributed by atoms with Crippen LogP contribution >= 0.6 is 0 Å². The van der Waals surface area contributed by atoms with Crippen molar-refractivity contribution in [3.8, 4) is 0 Å². The molecule has 0 aliphatic carbocycles. The molecule has 3 heteroatoms. The van der Waals surface area contributed by atoms with Crippen LogP contribution in [0.3, 0.4) is 0 Å². The van der Waals surface area contributed by atoms with Gasteiger partial charge in [0, 0.05) is 25.3 Å². The van der Waals surface area contributed by atoms with Gasteiger partial charge in [-0.05, 0) is 32.0 Å². The van der Waals surface area contributed by atoms with Gasteiger partial charge in [0.05, 0.1) is 6.10 Å². The third-order valence-corrected chi connectivity index (χ3v) is 2.74. The summed E-state index contributed by atoms with van der Waals surface area (Å²) in [5, 5.41) is 13.2. The molecule has 0 spiro atoms. The summed E-state index contributed by atoms with van der Waals surface area (Å²) in [6, 6.07) is 10.2. The Labute approximate surface area is 104 Å². The molecule has 0 radical (unpaired) electrons. The van der Waals surface area contributed by atoms with Crippen molar-refractivity contribution in [2.24, 2.45) is 0 Å². The molecule has 1 rings (SSSR count). The first kappa shape index (κ1) is 14.0. The lowest BCUT2D eigenvalue weighted by Gasteiger charge is -2.26. The molecule has 3 nitrogen and oxygen atoms in total. The third-order valence-electron chi connectivity index (χ3n) is 2.74. The van der Waals surface area contributed by atoms with Crippen LogP contribution in [0.15, 0.2) is 30.3 Å². The number of hydrogen-bond donors (Lipinski definition) is 2. The van der Waals surface area contributed by atoms with Crippen molar-refractivity contribution in [1.82, 2.24) is 5.32 Å². The summed E-state index contributed by atoms with van der Waals surface area (Å²) in [7, 11) is 0. The lowest BCUT2D eigenvalue weighted by atomic mass is 10.2. The summed E-state index contributed by atoms with van der Waals surface area (Å²) in [6.45, 7) is 7.46. The minimum absolute atomic E-state index is 0.318. The molecule has 17 heavy (non-hydrogen) atoms. The number of anilines is 1. The lowest BCUT2D eigenvalue weighted by molar-refractivity contribution is 0.177. The maximum Gasteiger partial charge on any atom is 0.0839 e. The van der Waals surface area contributed by atoms with Crippen molar-refractivity contribution in [3.63, 3.8) is 0 Å². The van der Waals surface area contributed by atoms with Crippen molar-refractivity contribution in [2.45, 2.75) is 26.4 Å². The Morgan fingerprint density at radius 2 is 1.94 bits per heavy atom. The average molecular weight is 236 g/mol. The second-order valence-electron chi connectivity index (χ2n) is 4.23. The Morgan fingerprint density at radius 1 is 1.24 bits per heavy atom. The van der Waals surface area contributed by atoms with E-state index in [0.717, 1.165) is 19.5 Å². The van der Waals surface area contributed by atoms with E-state index in [1.807, 2.05) is 18.2 Å². The van der Waals surface area contributed by atoms with Gasteiger partial charge in [-0.1, -0.05) is 25.1 Å². The number of nitrogens with one attached hydrogen (secondary N) is 1. The van der Waals surface area contributed by atoms with Crippen LogP contribution in [-0.2, 0) is 0 Å². The maximum absolute atomic E-state index is 9.93. The van der Waals surface area contributed by atoms with E-state index in [2.05, 4.69) is 36.2 Å².